The van der Waals surface area contributed by atoms with Crippen LogP contribution < -0.4 is 10.9 Å². The average Bonchev–Trinajstić information content (AvgIpc) is 2.66. The van der Waals surface area contributed by atoms with Crippen molar-refractivity contribution in [3.63, 3.8) is 0 Å². The summed E-state index contributed by atoms with van der Waals surface area (Å²) in [4.78, 5) is 2.14. The Morgan fingerprint density at radius 3 is 2.32 bits per heavy atom. The molecule has 1 fully saturated rings. The first-order valence-corrected chi connectivity index (χ1v) is 6.61. The van der Waals surface area contributed by atoms with Gasteiger partial charge in [-0.1, -0.05) is 6.07 Å². The number of hydrazine groups is 1. The Balaban J connectivity index is 1.93. The molecule has 1 aliphatic heterocycles. The summed E-state index contributed by atoms with van der Waals surface area (Å²) in [6.45, 7) is 5.81. The molecule has 19 heavy (non-hydrogen) atoms. The molecule has 106 valence electrons. The van der Waals surface area contributed by atoms with Crippen LogP contribution in [0.15, 0.2) is 18.2 Å². The molecule has 1 aliphatic rings. The van der Waals surface area contributed by atoms with Gasteiger partial charge in [0.05, 0.1) is 0 Å². The minimum absolute atomic E-state index is 0.405. The first-order valence-electron chi connectivity index (χ1n) is 6.61. The smallest absolute Gasteiger partial charge is 0.159 e. The lowest BCUT2D eigenvalue weighted by atomic mass is 9.96. The maximum absolute atomic E-state index is 13.1. The van der Waals surface area contributed by atoms with Crippen LogP contribution >= 0.6 is 0 Å². The van der Waals surface area contributed by atoms with Crippen LogP contribution in [0.25, 0.3) is 0 Å². The number of rotatable bonds is 4. The van der Waals surface area contributed by atoms with E-state index in [1.165, 1.54) is 12.1 Å². The van der Waals surface area contributed by atoms with Crippen LogP contribution in [0.3, 0.4) is 0 Å². The van der Waals surface area contributed by atoms with Crippen molar-refractivity contribution in [3.05, 3.63) is 35.4 Å². The second kappa shape index (κ2) is 5.94. The average molecular weight is 269 g/mol. The van der Waals surface area contributed by atoms with Crippen molar-refractivity contribution >= 4 is 0 Å². The first-order chi connectivity index (χ1) is 8.97. The Morgan fingerprint density at radius 1 is 1.11 bits per heavy atom. The highest BCUT2D eigenvalue weighted by Gasteiger charge is 2.30. The molecule has 5 heteroatoms. The quantitative estimate of drug-likeness (QED) is 0.874. The Bertz CT molecular complexity index is 429. The van der Waals surface area contributed by atoms with E-state index in [0.717, 1.165) is 12.1 Å². The molecule has 0 bridgehead atoms. The fraction of sp³-hybridized carbons (Fsp3) is 0.571. The highest BCUT2D eigenvalue weighted by molar-refractivity contribution is 5.17. The molecule has 0 radical (unpaired) electrons. The molecule has 1 saturated heterocycles. The van der Waals surface area contributed by atoms with Gasteiger partial charge in [-0.25, -0.2) is 8.78 Å². The molecule has 0 spiro atoms. The predicted octanol–water partition coefficient (Wildman–Crippen LogP) is 1.90. The Kier molecular flexibility index (Phi) is 4.50. The number of hydrogen-bond acceptors (Lipinski definition) is 3. The molecule has 3 nitrogen and oxygen atoms in total. The van der Waals surface area contributed by atoms with Gasteiger partial charge in [0.15, 0.2) is 11.6 Å². The Morgan fingerprint density at radius 2 is 1.74 bits per heavy atom. The third kappa shape index (κ3) is 3.49. The molecule has 2 unspecified atom stereocenters. The van der Waals surface area contributed by atoms with Crippen LogP contribution in [0.2, 0.25) is 0 Å². The van der Waals surface area contributed by atoms with Crippen molar-refractivity contribution in [1.29, 1.82) is 0 Å². The van der Waals surface area contributed by atoms with Crippen molar-refractivity contribution in [2.24, 2.45) is 5.92 Å². The van der Waals surface area contributed by atoms with Crippen LogP contribution in [0.5, 0.6) is 0 Å². The normalized spacial score (nSPS) is 27.2. The van der Waals surface area contributed by atoms with Crippen LogP contribution in [-0.2, 0) is 6.54 Å². The van der Waals surface area contributed by atoms with Gasteiger partial charge in [-0.3, -0.25) is 10.9 Å². The largest absolute Gasteiger partial charge is 0.302 e. The second-order valence-electron chi connectivity index (χ2n) is 5.48. The summed E-state index contributed by atoms with van der Waals surface area (Å²) in [6, 6.07) is 4.89. The van der Waals surface area contributed by atoms with Crippen molar-refractivity contribution in [2.75, 3.05) is 13.6 Å². The maximum Gasteiger partial charge on any atom is 0.159 e. The molecule has 2 rings (SSSR count). The van der Waals surface area contributed by atoms with E-state index in [0.29, 0.717) is 24.5 Å². The summed E-state index contributed by atoms with van der Waals surface area (Å²) in [5.41, 5.74) is 7.23. The molecular weight excluding hydrogens is 248 g/mol. The van der Waals surface area contributed by atoms with E-state index < -0.39 is 11.6 Å². The summed E-state index contributed by atoms with van der Waals surface area (Å²) in [5, 5.41) is 0. The highest BCUT2D eigenvalue weighted by Crippen LogP contribution is 2.17. The lowest BCUT2D eigenvalue weighted by Gasteiger charge is -2.25. The number of halogens is 2. The first kappa shape index (κ1) is 14.4. The van der Waals surface area contributed by atoms with E-state index in [4.69, 9.17) is 0 Å². The molecular formula is C14H21F2N3. The third-order valence-corrected chi connectivity index (χ3v) is 3.78. The van der Waals surface area contributed by atoms with Crippen LogP contribution in [-0.4, -0.2) is 30.6 Å². The molecule has 2 N–H and O–H groups in total. The fourth-order valence-corrected chi connectivity index (χ4v) is 2.60. The van der Waals surface area contributed by atoms with Gasteiger partial charge in [0.25, 0.3) is 0 Å². The predicted molar refractivity (Wildman–Crippen MR) is 71.4 cm³/mol. The second-order valence-corrected chi connectivity index (χ2v) is 5.48. The number of benzene rings is 1. The third-order valence-electron chi connectivity index (χ3n) is 3.78. The summed E-state index contributed by atoms with van der Waals surface area (Å²) < 4.78 is 26.0. The standard InChI is InChI=1S/C14H21F2N3/c1-9-12(10(2)18-17-9)8-19(3)7-11-4-5-13(15)14(16)6-11/h4-6,9-10,12,17-18H,7-8H2,1-3H3. The summed E-state index contributed by atoms with van der Waals surface area (Å²) in [7, 11) is 2.00. The maximum atomic E-state index is 13.1. The van der Waals surface area contributed by atoms with Gasteiger partial charge in [-0.05, 0) is 38.6 Å². The summed E-state index contributed by atoms with van der Waals surface area (Å²) in [6.07, 6.45) is 0. The Labute approximate surface area is 113 Å². The van der Waals surface area contributed by atoms with Gasteiger partial charge >= 0.3 is 0 Å². The molecule has 0 saturated carbocycles. The molecule has 0 aliphatic carbocycles. The van der Waals surface area contributed by atoms with Gasteiger partial charge < -0.3 is 4.90 Å². The summed E-state index contributed by atoms with van der Waals surface area (Å²) >= 11 is 0. The Hall–Kier alpha value is -1.04. The zero-order chi connectivity index (χ0) is 14.0. The van der Waals surface area contributed by atoms with Crippen LogP contribution in [0.4, 0.5) is 8.78 Å². The minimum Gasteiger partial charge on any atom is -0.302 e. The van der Waals surface area contributed by atoms with E-state index in [1.54, 1.807) is 6.07 Å². The zero-order valence-corrected chi connectivity index (χ0v) is 11.6. The molecule has 1 heterocycles. The molecule has 1 aromatic rings. The van der Waals surface area contributed by atoms with Crippen molar-refractivity contribution < 1.29 is 8.78 Å². The van der Waals surface area contributed by atoms with E-state index in [2.05, 4.69) is 29.6 Å². The van der Waals surface area contributed by atoms with Gasteiger partial charge in [0.2, 0.25) is 0 Å². The van der Waals surface area contributed by atoms with Gasteiger partial charge in [-0.2, -0.15) is 0 Å². The topological polar surface area (TPSA) is 27.3 Å². The zero-order valence-electron chi connectivity index (χ0n) is 11.6. The van der Waals surface area contributed by atoms with Gasteiger partial charge in [0.1, 0.15) is 0 Å². The number of nitrogens with one attached hydrogen (secondary N) is 2. The SMILES string of the molecule is CC1NNC(C)C1CN(C)Cc1ccc(F)c(F)c1. The van der Waals surface area contributed by atoms with E-state index in [-0.39, 0.29) is 0 Å². The van der Waals surface area contributed by atoms with Crippen molar-refractivity contribution in [1.82, 2.24) is 15.8 Å². The highest BCUT2D eigenvalue weighted by atomic mass is 19.2. The molecule has 0 amide bonds. The fourth-order valence-electron chi connectivity index (χ4n) is 2.60. The lowest BCUT2D eigenvalue weighted by Crippen LogP contribution is -2.35. The number of nitrogens with zero attached hydrogens (tertiary/aromatic N) is 1. The molecule has 1 aromatic carbocycles. The van der Waals surface area contributed by atoms with E-state index in [9.17, 15) is 8.78 Å². The molecule has 2 atom stereocenters. The van der Waals surface area contributed by atoms with Crippen molar-refractivity contribution in [2.45, 2.75) is 32.5 Å². The number of hydrogen-bond donors (Lipinski definition) is 2. The minimum atomic E-state index is -0.794. The van der Waals surface area contributed by atoms with E-state index >= 15 is 0 Å². The van der Waals surface area contributed by atoms with Gasteiger partial charge in [0, 0.05) is 31.1 Å². The van der Waals surface area contributed by atoms with E-state index in [1.807, 2.05) is 7.05 Å². The van der Waals surface area contributed by atoms with Gasteiger partial charge in [-0.15, -0.1) is 0 Å². The van der Waals surface area contributed by atoms with Crippen LogP contribution in [0.1, 0.15) is 19.4 Å². The monoisotopic (exact) mass is 269 g/mol. The molecule has 0 aromatic heterocycles. The van der Waals surface area contributed by atoms with Crippen molar-refractivity contribution in [3.8, 4) is 0 Å². The lowest BCUT2D eigenvalue weighted by molar-refractivity contribution is 0.248. The van der Waals surface area contributed by atoms with Crippen LogP contribution in [0, 0.1) is 17.6 Å². The summed E-state index contributed by atoms with van der Waals surface area (Å²) in [5.74, 6) is -1.08.